The lowest BCUT2D eigenvalue weighted by Crippen LogP contribution is -2.12. The average Bonchev–Trinajstić information content (AvgIpc) is 3.27. The molecular formula is C18H14N6O3. The summed E-state index contributed by atoms with van der Waals surface area (Å²) in [7, 11) is 0. The van der Waals surface area contributed by atoms with Gasteiger partial charge in [0.2, 0.25) is 0 Å². The molecule has 0 fully saturated rings. The Kier molecular flexibility index (Phi) is 3.81. The molecule has 0 radical (unpaired) electrons. The molecule has 2 aromatic heterocycles. The van der Waals surface area contributed by atoms with Crippen LogP contribution in [0.2, 0.25) is 0 Å². The number of non-ortho nitro benzene ring substituents is 1. The number of hydrogen-bond acceptors (Lipinski definition) is 5. The number of carbonyl (C=O) groups is 1. The second-order valence-electron chi connectivity index (χ2n) is 5.93. The number of nitrogen functional groups attached to an aromatic ring is 1. The molecule has 0 saturated carbocycles. The van der Waals surface area contributed by atoms with Crippen LogP contribution < -0.4 is 11.1 Å². The largest absolute Gasteiger partial charge is 0.369 e. The number of anilines is 2. The quantitative estimate of drug-likeness (QED) is 0.325. The van der Waals surface area contributed by atoms with Gasteiger partial charge in [0, 0.05) is 34.3 Å². The molecule has 9 heteroatoms. The second-order valence-corrected chi connectivity index (χ2v) is 5.93. The van der Waals surface area contributed by atoms with Crippen LogP contribution in [0.4, 0.5) is 17.3 Å². The Labute approximate surface area is 152 Å². The first kappa shape index (κ1) is 16.3. The minimum absolute atomic E-state index is 0.0278. The summed E-state index contributed by atoms with van der Waals surface area (Å²) in [6, 6.07) is 13.2. The predicted molar refractivity (Wildman–Crippen MR) is 101 cm³/mol. The van der Waals surface area contributed by atoms with Crippen molar-refractivity contribution < 1.29 is 9.72 Å². The number of nitrogens with two attached hydrogens (primary N) is 1. The number of nitrogens with zero attached hydrogens (tertiary/aromatic N) is 2. The summed E-state index contributed by atoms with van der Waals surface area (Å²) in [6.07, 6.45) is 1.61. The number of nitro benzene ring substituents is 1. The van der Waals surface area contributed by atoms with Crippen molar-refractivity contribution >= 4 is 34.1 Å². The fourth-order valence-electron chi connectivity index (χ4n) is 2.80. The number of nitrogens with one attached hydrogen (secondary N) is 3. The van der Waals surface area contributed by atoms with Crippen LogP contribution in [-0.2, 0) is 0 Å². The van der Waals surface area contributed by atoms with Gasteiger partial charge in [0.05, 0.1) is 16.8 Å². The molecular weight excluding hydrogens is 348 g/mol. The Balaban J connectivity index is 1.59. The number of amides is 1. The molecule has 0 aliphatic heterocycles. The molecule has 5 N–H and O–H groups in total. The number of rotatable bonds is 4. The van der Waals surface area contributed by atoms with E-state index in [2.05, 4.69) is 20.3 Å². The number of hydrogen-bond donors (Lipinski definition) is 4. The number of imidazole rings is 1. The van der Waals surface area contributed by atoms with E-state index < -0.39 is 4.92 Å². The van der Waals surface area contributed by atoms with Crippen LogP contribution in [0.5, 0.6) is 0 Å². The predicted octanol–water partition coefficient (Wildman–Crippen LogP) is 3.30. The van der Waals surface area contributed by atoms with E-state index in [-0.39, 0.29) is 11.6 Å². The molecule has 0 saturated heterocycles. The van der Waals surface area contributed by atoms with E-state index in [4.69, 9.17) is 5.73 Å². The lowest BCUT2D eigenvalue weighted by molar-refractivity contribution is -0.384. The molecule has 9 nitrogen and oxygen atoms in total. The van der Waals surface area contributed by atoms with Crippen molar-refractivity contribution in [3.63, 3.8) is 0 Å². The standard InChI is InChI=1S/C18H14N6O3/c19-18-20-9-16(23-18)10-2-1-3-12(6-10)21-17(25)15-8-11-7-13(24(26)27)4-5-14(11)22-15/h1-9,22H,(H,21,25)(H3,19,20,23). The summed E-state index contributed by atoms with van der Waals surface area (Å²) < 4.78 is 0. The number of nitro groups is 1. The third kappa shape index (κ3) is 3.21. The van der Waals surface area contributed by atoms with E-state index in [1.165, 1.54) is 12.1 Å². The first-order valence-electron chi connectivity index (χ1n) is 7.99. The van der Waals surface area contributed by atoms with Crippen molar-refractivity contribution in [1.29, 1.82) is 0 Å². The minimum atomic E-state index is -0.472. The summed E-state index contributed by atoms with van der Waals surface area (Å²) in [5.41, 5.74) is 8.67. The summed E-state index contributed by atoms with van der Waals surface area (Å²) in [4.78, 5) is 32.8. The van der Waals surface area contributed by atoms with Gasteiger partial charge in [-0.1, -0.05) is 12.1 Å². The normalized spacial score (nSPS) is 10.8. The molecule has 0 aliphatic carbocycles. The second kappa shape index (κ2) is 6.30. The van der Waals surface area contributed by atoms with Gasteiger partial charge in [-0.3, -0.25) is 14.9 Å². The van der Waals surface area contributed by atoms with Crippen molar-refractivity contribution in [3.05, 3.63) is 70.5 Å². The molecule has 134 valence electrons. The number of H-pyrrole nitrogens is 2. The number of aromatic amines is 2. The Bertz CT molecular complexity index is 1180. The van der Waals surface area contributed by atoms with Gasteiger partial charge >= 0.3 is 0 Å². The van der Waals surface area contributed by atoms with E-state index >= 15 is 0 Å². The summed E-state index contributed by atoms with van der Waals surface area (Å²) in [6.45, 7) is 0. The maximum atomic E-state index is 12.5. The van der Waals surface area contributed by atoms with Crippen LogP contribution in [-0.4, -0.2) is 25.8 Å². The van der Waals surface area contributed by atoms with Gasteiger partial charge < -0.3 is 21.0 Å². The SMILES string of the molecule is Nc1ncc(-c2cccc(NC(=O)c3cc4cc([N+](=O)[O-])ccc4[nH]3)c2)[nH]1. The zero-order valence-corrected chi connectivity index (χ0v) is 13.9. The number of fused-ring (bicyclic) bond motifs is 1. The molecule has 0 spiro atoms. The molecule has 4 rings (SSSR count). The van der Waals surface area contributed by atoms with E-state index in [1.807, 2.05) is 6.07 Å². The molecule has 0 atom stereocenters. The van der Waals surface area contributed by atoms with Crippen LogP contribution >= 0.6 is 0 Å². The van der Waals surface area contributed by atoms with E-state index in [1.54, 1.807) is 36.5 Å². The van der Waals surface area contributed by atoms with Crippen molar-refractivity contribution in [1.82, 2.24) is 15.0 Å². The minimum Gasteiger partial charge on any atom is -0.369 e. The van der Waals surface area contributed by atoms with Gasteiger partial charge in [-0.15, -0.1) is 0 Å². The van der Waals surface area contributed by atoms with Crippen LogP contribution in [0, 0.1) is 10.1 Å². The highest BCUT2D eigenvalue weighted by Gasteiger charge is 2.13. The lowest BCUT2D eigenvalue weighted by atomic mass is 10.1. The fraction of sp³-hybridized carbons (Fsp3) is 0. The van der Waals surface area contributed by atoms with Gasteiger partial charge in [0.25, 0.3) is 11.6 Å². The number of carbonyl (C=O) groups excluding carboxylic acids is 1. The third-order valence-electron chi connectivity index (χ3n) is 4.09. The van der Waals surface area contributed by atoms with E-state index in [0.29, 0.717) is 28.2 Å². The fourth-order valence-corrected chi connectivity index (χ4v) is 2.80. The number of aromatic nitrogens is 3. The Morgan fingerprint density at radius 1 is 1.15 bits per heavy atom. The molecule has 1 amide bonds. The highest BCUT2D eigenvalue weighted by Crippen LogP contribution is 2.24. The number of benzene rings is 2. The molecule has 27 heavy (non-hydrogen) atoms. The van der Waals surface area contributed by atoms with Crippen LogP contribution in [0.1, 0.15) is 10.5 Å². The third-order valence-corrected chi connectivity index (χ3v) is 4.09. The van der Waals surface area contributed by atoms with Gasteiger partial charge in [-0.25, -0.2) is 4.98 Å². The van der Waals surface area contributed by atoms with Gasteiger partial charge in [0.1, 0.15) is 5.69 Å². The smallest absolute Gasteiger partial charge is 0.272 e. The van der Waals surface area contributed by atoms with Crippen LogP contribution in [0.25, 0.3) is 22.2 Å². The molecule has 2 aromatic carbocycles. The van der Waals surface area contributed by atoms with E-state index in [9.17, 15) is 14.9 Å². The van der Waals surface area contributed by atoms with Crippen molar-refractivity contribution in [3.8, 4) is 11.3 Å². The monoisotopic (exact) mass is 362 g/mol. The van der Waals surface area contributed by atoms with Gasteiger partial charge in [0.15, 0.2) is 5.95 Å². The Morgan fingerprint density at radius 3 is 2.74 bits per heavy atom. The maximum Gasteiger partial charge on any atom is 0.272 e. The van der Waals surface area contributed by atoms with E-state index in [0.717, 1.165) is 11.3 Å². The van der Waals surface area contributed by atoms with Crippen LogP contribution in [0.15, 0.2) is 54.7 Å². The summed E-state index contributed by atoms with van der Waals surface area (Å²) in [5.74, 6) is -0.0401. The van der Waals surface area contributed by atoms with Crippen molar-refractivity contribution in [2.24, 2.45) is 0 Å². The zero-order valence-electron chi connectivity index (χ0n) is 13.9. The van der Waals surface area contributed by atoms with Crippen molar-refractivity contribution in [2.75, 3.05) is 11.1 Å². The molecule has 0 aliphatic rings. The van der Waals surface area contributed by atoms with Crippen molar-refractivity contribution in [2.45, 2.75) is 0 Å². The first-order valence-corrected chi connectivity index (χ1v) is 7.99. The van der Waals surface area contributed by atoms with Gasteiger partial charge in [-0.2, -0.15) is 0 Å². The zero-order chi connectivity index (χ0) is 19.0. The summed E-state index contributed by atoms with van der Waals surface area (Å²) in [5, 5.41) is 14.3. The first-order chi connectivity index (χ1) is 13.0. The highest BCUT2D eigenvalue weighted by molar-refractivity contribution is 6.06. The molecule has 0 bridgehead atoms. The van der Waals surface area contributed by atoms with Crippen LogP contribution in [0.3, 0.4) is 0 Å². The Morgan fingerprint density at radius 2 is 2.00 bits per heavy atom. The lowest BCUT2D eigenvalue weighted by Gasteiger charge is -2.05. The summed E-state index contributed by atoms with van der Waals surface area (Å²) >= 11 is 0. The Hall–Kier alpha value is -4.14. The highest BCUT2D eigenvalue weighted by atomic mass is 16.6. The molecule has 4 aromatic rings. The molecule has 2 heterocycles. The maximum absolute atomic E-state index is 12.5. The topological polar surface area (TPSA) is 143 Å². The average molecular weight is 362 g/mol. The van der Waals surface area contributed by atoms with Gasteiger partial charge in [-0.05, 0) is 24.3 Å². The molecule has 0 unspecified atom stereocenters.